The highest BCUT2D eigenvalue weighted by atomic mass is 32.2. The molecule has 0 aliphatic heterocycles. The molecule has 6 nitrogen and oxygen atoms in total. The fourth-order valence-electron chi connectivity index (χ4n) is 2.36. The maximum Gasteiger partial charge on any atom is 0.193 e. The van der Waals surface area contributed by atoms with Crippen molar-refractivity contribution in [3.63, 3.8) is 0 Å². The molecule has 0 aliphatic carbocycles. The van der Waals surface area contributed by atoms with E-state index in [1.54, 1.807) is 24.3 Å². The second-order valence-corrected chi connectivity index (χ2v) is 9.69. The first-order valence-electron chi connectivity index (χ1n) is 8.73. The second-order valence-electron chi connectivity index (χ2n) is 5.65. The lowest BCUT2D eigenvalue weighted by Crippen LogP contribution is -2.09. The standard InChI is InChI=1S/C19H26N2O4S2/c1-20-26(22,18-12-6-3-7-13-18)24-16-10-5-11-17-25-27(23,21-2)19-14-8-4-9-15-19/h3-4,6-9,12-15H,5,10-11,16-17H2,1-2H3/t26-,27-/m0/s1. The summed E-state index contributed by atoms with van der Waals surface area (Å²) in [5.41, 5.74) is 0. The summed E-state index contributed by atoms with van der Waals surface area (Å²) >= 11 is 0. The summed E-state index contributed by atoms with van der Waals surface area (Å²) in [7, 11) is -2.66. The number of hydrogen-bond donors (Lipinski definition) is 0. The Kier molecular flexibility index (Phi) is 8.43. The third kappa shape index (κ3) is 6.14. The van der Waals surface area contributed by atoms with Crippen LogP contribution in [0.4, 0.5) is 0 Å². The summed E-state index contributed by atoms with van der Waals surface area (Å²) in [6.07, 6.45) is 2.21. The first-order valence-corrected chi connectivity index (χ1v) is 11.6. The van der Waals surface area contributed by atoms with Crippen LogP contribution >= 0.6 is 0 Å². The van der Waals surface area contributed by atoms with Crippen LogP contribution in [0.1, 0.15) is 19.3 Å². The van der Waals surface area contributed by atoms with Crippen LogP contribution < -0.4 is 0 Å². The number of benzene rings is 2. The average Bonchev–Trinajstić information content (AvgIpc) is 2.74. The maximum absolute atomic E-state index is 12.7. The molecule has 2 rings (SSSR count). The molecule has 27 heavy (non-hydrogen) atoms. The Morgan fingerprint density at radius 1 is 0.667 bits per heavy atom. The molecule has 0 N–H and O–H groups in total. The van der Waals surface area contributed by atoms with Crippen molar-refractivity contribution >= 4 is 20.0 Å². The Morgan fingerprint density at radius 3 is 1.37 bits per heavy atom. The molecule has 0 radical (unpaired) electrons. The predicted molar refractivity (Wildman–Crippen MR) is 108 cm³/mol. The zero-order chi connectivity index (χ0) is 19.6. The van der Waals surface area contributed by atoms with E-state index >= 15 is 0 Å². The van der Waals surface area contributed by atoms with Gasteiger partial charge in [0.15, 0.2) is 20.0 Å². The zero-order valence-electron chi connectivity index (χ0n) is 15.7. The van der Waals surface area contributed by atoms with Crippen molar-refractivity contribution in [2.75, 3.05) is 27.3 Å². The van der Waals surface area contributed by atoms with Crippen molar-refractivity contribution in [2.24, 2.45) is 8.73 Å². The van der Waals surface area contributed by atoms with Crippen molar-refractivity contribution in [2.45, 2.75) is 29.1 Å². The molecule has 0 saturated carbocycles. The normalized spacial score (nSPS) is 15.5. The third-order valence-electron chi connectivity index (χ3n) is 3.84. The molecule has 0 amide bonds. The van der Waals surface area contributed by atoms with Crippen molar-refractivity contribution in [3.8, 4) is 0 Å². The smallest absolute Gasteiger partial charge is 0.193 e. The van der Waals surface area contributed by atoms with Gasteiger partial charge in [-0.1, -0.05) is 36.4 Å². The molecule has 0 aromatic heterocycles. The van der Waals surface area contributed by atoms with Gasteiger partial charge in [0.25, 0.3) is 0 Å². The van der Waals surface area contributed by atoms with E-state index in [9.17, 15) is 8.42 Å². The summed E-state index contributed by atoms with van der Waals surface area (Å²) in [4.78, 5) is 1.14. The minimum atomic E-state index is -2.83. The average molecular weight is 411 g/mol. The van der Waals surface area contributed by atoms with E-state index in [0.717, 1.165) is 6.42 Å². The first-order chi connectivity index (χ1) is 13.0. The Hall–Kier alpha value is -1.74. The zero-order valence-corrected chi connectivity index (χ0v) is 17.3. The highest BCUT2D eigenvalue weighted by Gasteiger charge is 2.13. The molecule has 0 saturated heterocycles. The molecule has 148 valence electrons. The molecule has 0 aliphatic rings. The summed E-state index contributed by atoms with van der Waals surface area (Å²) < 4.78 is 44.4. The first kappa shape index (κ1) is 21.6. The molecular weight excluding hydrogens is 384 g/mol. The summed E-state index contributed by atoms with van der Waals surface area (Å²) in [5.74, 6) is 0. The van der Waals surface area contributed by atoms with Gasteiger partial charge in [0.05, 0.1) is 23.0 Å². The van der Waals surface area contributed by atoms with E-state index in [-0.39, 0.29) is 0 Å². The van der Waals surface area contributed by atoms with Gasteiger partial charge >= 0.3 is 0 Å². The lowest BCUT2D eigenvalue weighted by Gasteiger charge is -2.11. The maximum atomic E-state index is 12.7. The molecule has 2 atom stereocenters. The Bertz CT molecular complexity index is 853. The predicted octanol–water partition coefficient (Wildman–Crippen LogP) is 4.33. The topological polar surface area (TPSA) is 77.3 Å². The molecule has 8 heteroatoms. The number of nitrogens with zero attached hydrogens (tertiary/aromatic N) is 2. The van der Waals surface area contributed by atoms with Crippen LogP contribution in [0.3, 0.4) is 0 Å². The molecule has 0 bridgehead atoms. The second kappa shape index (κ2) is 10.6. The van der Waals surface area contributed by atoms with Gasteiger partial charge in [-0.25, -0.2) is 17.1 Å². The van der Waals surface area contributed by atoms with Crippen LogP contribution in [0.2, 0.25) is 0 Å². The lowest BCUT2D eigenvalue weighted by atomic mass is 10.2. The highest BCUT2D eigenvalue weighted by Crippen LogP contribution is 2.17. The van der Waals surface area contributed by atoms with Crippen LogP contribution in [0.15, 0.2) is 79.2 Å². The van der Waals surface area contributed by atoms with Crippen LogP contribution in [0.5, 0.6) is 0 Å². The van der Waals surface area contributed by atoms with E-state index in [0.29, 0.717) is 35.8 Å². The van der Waals surface area contributed by atoms with Gasteiger partial charge < -0.3 is 0 Å². The number of rotatable bonds is 10. The molecule has 0 unspecified atom stereocenters. The fraction of sp³-hybridized carbons (Fsp3) is 0.368. The van der Waals surface area contributed by atoms with E-state index in [2.05, 4.69) is 8.73 Å². The lowest BCUT2D eigenvalue weighted by molar-refractivity contribution is 0.300. The van der Waals surface area contributed by atoms with Crippen molar-refractivity contribution < 1.29 is 16.8 Å². The number of unbranched alkanes of at least 4 members (excludes halogenated alkanes) is 2. The monoisotopic (exact) mass is 410 g/mol. The van der Waals surface area contributed by atoms with Gasteiger partial charge in [-0.05, 0) is 43.5 Å². The van der Waals surface area contributed by atoms with E-state index in [1.165, 1.54) is 14.1 Å². The van der Waals surface area contributed by atoms with Crippen LogP contribution in [0.25, 0.3) is 0 Å². The Balaban J connectivity index is 1.75. The van der Waals surface area contributed by atoms with E-state index in [4.69, 9.17) is 8.37 Å². The van der Waals surface area contributed by atoms with Crippen LogP contribution in [0, 0.1) is 0 Å². The molecular formula is C19H26N2O4S2. The van der Waals surface area contributed by atoms with Gasteiger partial charge in [0.1, 0.15) is 0 Å². The molecule has 2 aromatic rings. The van der Waals surface area contributed by atoms with Crippen LogP contribution in [-0.4, -0.2) is 35.7 Å². The van der Waals surface area contributed by atoms with Gasteiger partial charge in [-0.15, -0.1) is 0 Å². The molecule has 0 spiro atoms. The largest absolute Gasteiger partial charge is 0.281 e. The van der Waals surface area contributed by atoms with Gasteiger partial charge in [-0.3, -0.25) is 8.37 Å². The molecule has 0 fully saturated rings. The van der Waals surface area contributed by atoms with Crippen molar-refractivity contribution in [1.29, 1.82) is 0 Å². The van der Waals surface area contributed by atoms with Gasteiger partial charge in [-0.2, -0.15) is 0 Å². The Morgan fingerprint density at radius 2 is 1.04 bits per heavy atom. The summed E-state index contributed by atoms with van der Waals surface area (Å²) in [5, 5.41) is 0. The fourth-order valence-corrected chi connectivity index (χ4v) is 4.96. The summed E-state index contributed by atoms with van der Waals surface area (Å²) in [6.45, 7) is 0.661. The highest BCUT2D eigenvalue weighted by molar-refractivity contribution is 7.89. The van der Waals surface area contributed by atoms with Crippen molar-refractivity contribution in [3.05, 3.63) is 60.7 Å². The quantitative estimate of drug-likeness (QED) is 0.546. The summed E-state index contributed by atoms with van der Waals surface area (Å²) in [6, 6.07) is 17.9. The van der Waals surface area contributed by atoms with Gasteiger partial charge in [0.2, 0.25) is 0 Å². The SMILES string of the molecule is CN=[S@@](=O)(OCCCCCO[S@](=O)(=NC)c1ccccc1)c1ccccc1. The number of hydrogen-bond acceptors (Lipinski definition) is 6. The van der Waals surface area contributed by atoms with E-state index < -0.39 is 20.0 Å². The third-order valence-corrected chi connectivity index (χ3v) is 7.51. The Labute approximate surface area is 162 Å². The minimum Gasteiger partial charge on any atom is -0.281 e. The van der Waals surface area contributed by atoms with Gasteiger partial charge in [0, 0.05) is 14.1 Å². The van der Waals surface area contributed by atoms with Crippen LogP contribution in [-0.2, 0) is 28.4 Å². The molecule has 0 heterocycles. The molecule has 2 aromatic carbocycles. The minimum absolute atomic E-state index is 0.331. The van der Waals surface area contributed by atoms with Crippen molar-refractivity contribution in [1.82, 2.24) is 0 Å². The van der Waals surface area contributed by atoms with E-state index in [1.807, 2.05) is 36.4 Å².